The van der Waals surface area contributed by atoms with Crippen LogP contribution >= 0.6 is 0 Å². The summed E-state index contributed by atoms with van der Waals surface area (Å²) in [6.07, 6.45) is -3.05. The first-order valence-corrected chi connectivity index (χ1v) is 10.1. The lowest BCUT2D eigenvalue weighted by Gasteiger charge is -2.49. The number of nitrogens with zero attached hydrogens (tertiary/aromatic N) is 1. The highest BCUT2D eigenvalue weighted by Crippen LogP contribution is 2.57. The highest BCUT2D eigenvalue weighted by atomic mass is 19.4. The fraction of sp³-hybridized carbons (Fsp3) is 0.391. The van der Waals surface area contributed by atoms with Crippen molar-refractivity contribution in [2.24, 2.45) is 0 Å². The summed E-state index contributed by atoms with van der Waals surface area (Å²) in [5.74, 6) is -1.61. The van der Waals surface area contributed by atoms with Crippen LogP contribution in [0.15, 0.2) is 30.5 Å². The number of hydrogen-bond acceptors (Lipinski definition) is 4. The van der Waals surface area contributed by atoms with Crippen LogP contribution in [0.25, 0.3) is 6.08 Å². The monoisotopic (exact) mass is 451 g/mol. The number of halogens is 4. The van der Waals surface area contributed by atoms with Crippen molar-refractivity contribution in [3.63, 3.8) is 0 Å². The van der Waals surface area contributed by atoms with Crippen LogP contribution in [0.3, 0.4) is 0 Å². The zero-order valence-corrected chi connectivity index (χ0v) is 17.7. The molecule has 5 nitrogen and oxygen atoms in total. The van der Waals surface area contributed by atoms with Crippen molar-refractivity contribution in [2.45, 2.75) is 57.0 Å². The van der Waals surface area contributed by atoms with Crippen molar-refractivity contribution >= 4 is 11.8 Å². The first-order chi connectivity index (χ1) is 14.8. The fourth-order valence-electron chi connectivity index (χ4n) is 4.93. The molecule has 9 heteroatoms. The van der Waals surface area contributed by atoms with E-state index in [-0.39, 0.29) is 28.9 Å². The number of benzene rings is 2. The van der Waals surface area contributed by atoms with E-state index in [0.717, 1.165) is 0 Å². The molecule has 3 N–H and O–H groups in total. The third-order valence-corrected chi connectivity index (χ3v) is 6.35. The quantitative estimate of drug-likeness (QED) is 0.432. The molecule has 4 rings (SSSR count). The van der Waals surface area contributed by atoms with Crippen LogP contribution in [0.5, 0.6) is 5.75 Å². The van der Waals surface area contributed by atoms with Crippen LogP contribution < -0.4 is 5.32 Å². The van der Waals surface area contributed by atoms with E-state index in [4.69, 9.17) is 0 Å². The minimum Gasteiger partial charge on any atom is -0.505 e. The number of aryl methyl sites for hydroxylation is 1. The molecule has 170 valence electrons. The molecule has 0 saturated heterocycles. The minimum absolute atomic E-state index is 0.0260. The van der Waals surface area contributed by atoms with Gasteiger partial charge in [-0.1, -0.05) is 32.0 Å². The minimum atomic E-state index is -5.02. The number of phenols is 1. The van der Waals surface area contributed by atoms with Crippen LogP contribution in [-0.4, -0.2) is 26.8 Å². The molecule has 2 atom stereocenters. The standard InChI is InChI=1S/C23H22F4N2O3/c1-12-9-15-17(19(30)18(12)24)21(2,3)11-22(31,23(25,26)27)20(15)28-16-6-4-5-13-10-29(32)8-7-14(13)16/h4-9,20,31H,10-11H2,1-3H3,(H-,28,30,32)/p+1. The number of anilines is 1. The Kier molecular flexibility index (Phi) is 4.89. The van der Waals surface area contributed by atoms with Crippen molar-refractivity contribution < 1.29 is 32.5 Å². The predicted octanol–water partition coefficient (Wildman–Crippen LogP) is 5.23. The van der Waals surface area contributed by atoms with Gasteiger partial charge in [0.2, 0.25) is 12.7 Å². The molecule has 2 aromatic carbocycles. The van der Waals surface area contributed by atoms with E-state index in [1.54, 1.807) is 18.2 Å². The summed E-state index contributed by atoms with van der Waals surface area (Å²) in [7, 11) is 0. The van der Waals surface area contributed by atoms with E-state index < -0.39 is 41.2 Å². The lowest BCUT2D eigenvalue weighted by atomic mass is 9.63. The molecule has 0 fully saturated rings. The van der Waals surface area contributed by atoms with Crippen LogP contribution in [-0.2, 0) is 12.0 Å². The Morgan fingerprint density at radius 2 is 1.94 bits per heavy atom. The third kappa shape index (κ3) is 3.26. The van der Waals surface area contributed by atoms with Gasteiger partial charge in [-0.3, -0.25) is 0 Å². The van der Waals surface area contributed by atoms with E-state index in [1.165, 1.54) is 39.1 Å². The molecular formula is C23H23F4N2O3+. The Balaban J connectivity index is 1.95. The number of alkyl halides is 3. The molecule has 0 spiro atoms. The van der Waals surface area contributed by atoms with Crippen molar-refractivity contribution in [3.8, 4) is 5.75 Å². The average Bonchev–Trinajstić information content (AvgIpc) is 2.67. The number of aromatic hydroxyl groups is 1. The highest BCUT2D eigenvalue weighted by Gasteiger charge is 2.64. The zero-order valence-electron chi connectivity index (χ0n) is 17.7. The molecule has 0 amide bonds. The number of rotatable bonds is 2. The van der Waals surface area contributed by atoms with Crippen LogP contribution in [0.4, 0.5) is 23.2 Å². The van der Waals surface area contributed by atoms with E-state index in [9.17, 15) is 32.7 Å². The Hall–Kier alpha value is -2.94. The van der Waals surface area contributed by atoms with Gasteiger partial charge in [0.25, 0.3) is 0 Å². The lowest BCUT2D eigenvalue weighted by Crippen LogP contribution is -2.58. The predicted molar refractivity (Wildman–Crippen MR) is 111 cm³/mol. The molecule has 1 heterocycles. The maximum absolute atomic E-state index is 14.5. The highest BCUT2D eigenvalue weighted by molar-refractivity contribution is 5.71. The molecule has 0 saturated carbocycles. The van der Waals surface area contributed by atoms with Crippen molar-refractivity contribution in [1.82, 2.24) is 0 Å². The van der Waals surface area contributed by atoms with Gasteiger partial charge in [-0.05, 0) is 36.0 Å². The molecule has 0 bridgehead atoms. The SMILES string of the molecule is Cc1cc2c(c(O)c1F)C(C)(C)CC(O)(C(F)(F)F)C2Nc1cccc2c1C=C[N+](=O)C2. The molecule has 0 aromatic heterocycles. The summed E-state index contributed by atoms with van der Waals surface area (Å²) >= 11 is 0. The molecule has 1 aliphatic carbocycles. The van der Waals surface area contributed by atoms with Gasteiger partial charge in [0.15, 0.2) is 17.2 Å². The molecule has 2 aromatic rings. The largest absolute Gasteiger partial charge is 0.505 e. The van der Waals surface area contributed by atoms with Crippen LogP contribution in [0.1, 0.15) is 54.1 Å². The van der Waals surface area contributed by atoms with Crippen molar-refractivity contribution in [1.29, 1.82) is 0 Å². The second-order valence-corrected chi connectivity index (χ2v) is 9.15. The van der Waals surface area contributed by atoms with Gasteiger partial charge >= 0.3 is 6.18 Å². The van der Waals surface area contributed by atoms with Gasteiger partial charge in [-0.2, -0.15) is 13.2 Å². The van der Waals surface area contributed by atoms with Crippen molar-refractivity contribution in [3.05, 3.63) is 69.0 Å². The molecular weight excluding hydrogens is 428 g/mol. The zero-order chi connectivity index (χ0) is 23.6. The molecule has 0 radical (unpaired) electrons. The Bertz CT molecular complexity index is 1160. The normalized spacial score (nSPS) is 24.1. The second-order valence-electron chi connectivity index (χ2n) is 9.15. The molecule has 2 unspecified atom stereocenters. The number of fused-ring (bicyclic) bond motifs is 2. The first-order valence-electron chi connectivity index (χ1n) is 10.1. The van der Waals surface area contributed by atoms with E-state index in [2.05, 4.69) is 5.32 Å². The average molecular weight is 451 g/mol. The van der Waals surface area contributed by atoms with Crippen LogP contribution in [0.2, 0.25) is 0 Å². The van der Waals surface area contributed by atoms with Gasteiger partial charge in [-0.15, -0.1) is 0 Å². The summed E-state index contributed by atoms with van der Waals surface area (Å²) in [5.41, 5.74) is -3.19. The van der Waals surface area contributed by atoms with Crippen LogP contribution in [0, 0.1) is 17.6 Å². The summed E-state index contributed by atoms with van der Waals surface area (Å²) < 4.78 is 58.1. The Morgan fingerprint density at radius 1 is 1.25 bits per heavy atom. The maximum Gasteiger partial charge on any atom is 0.419 e. The van der Waals surface area contributed by atoms with Crippen molar-refractivity contribution in [2.75, 3.05) is 5.32 Å². The Labute approximate surface area is 182 Å². The molecule has 32 heavy (non-hydrogen) atoms. The third-order valence-electron chi connectivity index (χ3n) is 6.35. The van der Waals surface area contributed by atoms with Gasteiger partial charge in [0.1, 0.15) is 0 Å². The van der Waals surface area contributed by atoms with E-state index >= 15 is 0 Å². The van der Waals surface area contributed by atoms with E-state index in [1.807, 2.05) is 0 Å². The summed E-state index contributed by atoms with van der Waals surface area (Å²) in [5, 5.41) is 24.4. The number of aliphatic hydroxyl groups is 1. The Morgan fingerprint density at radius 3 is 2.59 bits per heavy atom. The number of hydrogen-bond donors (Lipinski definition) is 3. The van der Waals surface area contributed by atoms with Gasteiger partial charge < -0.3 is 15.5 Å². The topological polar surface area (TPSA) is 72.6 Å². The smallest absolute Gasteiger partial charge is 0.419 e. The molecule has 1 aliphatic heterocycles. The maximum atomic E-state index is 14.5. The first kappa shape index (κ1) is 22.3. The van der Waals surface area contributed by atoms with Gasteiger partial charge in [0.05, 0.1) is 6.04 Å². The lowest BCUT2D eigenvalue weighted by molar-refractivity contribution is -0.496. The summed E-state index contributed by atoms with van der Waals surface area (Å²) in [4.78, 5) is 11.7. The second kappa shape index (κ2) is 7.03. The summed E-state index contributed by atoms with van der Waals surface area (Å²) in [6, 6.07) is 4.36. The number of nitrogens with one attached hydrogen (secondary N) is 1. The van der Waals surface area contributed by atoms with E-state index in [0.29, 0.717) is 15.9 Å². The number of nitroso groups, excluding NO2 is 1. The molecule has 2 aliphatic rings. The fourth-order valence-corrected chi connectivity index (χ4v) is 4.93. The summed E-state index contributed by atoms with van der Waals surface area (Å²) in [6.45, 7) is 4.24. The van der Waals surface area contributed by atoms with Gasteiger partial charge in [0, 0.05) is 38.1 Å². The number of phenolic OH excluding ortho intramolecular Hbond substituents is 1. The van der Waals surface area contributed by atoms with Gasteiger partial charge in [-0.25, -0.2) is 4.39 Å².